The average molecular weight is 377 g/mol. The van der Waals surface area contributed by atoms with Gasteiger partial charge in [-0.1, -0.05) is 0 Å². The van der Waals surface area contributed by atoms with E-state index in [0.717, 1.165) is 76.2 Å². The Labute approximate surface area is 158 Å². The topological polar surface area (TPSA) is 57.7 Å². The first-order valence-electron chi connectivity index (χ1n) is 10.1. The van der Waals surface area contributed by atoms with Crippen LogP contribution in [0.15, 0.2) is 0 Å². The van der Waals surface area contributed by atoms with Gasteiger partial charge in [-0.15, -0.1) is 11.3 Å². The number of carbonyl (C=O) groups excluding carboxylic acids is 1. The minimum atomic E-state index is 0.0207. The highest BCUT2D eigenvalue weighted by Gasteiger charge is 2.38. The normalized spacial score (nSPS) is 25.9. The number of rotatable bonds is 2. The number of aryl methyl sites for hydroxylation is 1. The highest BCUT2D eigenvalue weighted by Crippen LogP contribution is 2.45. The third-order valence-electron chi connectivity index (χ3n) is 6.64. The van der Waals surface area contributed by atoms with Crippen molar-refractivity contribution in [2.24, 2.45) is 5.41 Å². The smallest absolute Gasteiger partial charge is 0.323 e. The first kappa shape index (κ1) is 17.0. The molecule has 1 saturated carbocycles. The Morgan fingerprint density at radius 3 is 2.65 bits per heavy atom. The predicted octanol–water partition coefficient (Wildman–Crippen LogP) is 2.74. The third kappa shape index (κ3) is 3.37. The van der Waals surface area contributed by atoms with Gasteiger partial charge in [0, 0.05) is 50.3 Å². The van der Waals surface area contributed by atoms with Crippen LogP contribution in [-0.2, 0) is 17.6 Å². The summed E-state index contributed by atoms with van der Waals surface area (Å²) >= 11 is 1.69. The molecule has 1 aromatic rings. The van der Waals surface area contributed by atoms with Crippen LogP contribution in [0.25, 0.3) is 0 Å². The number of amides is 2. The van der Waals surface area contributed by atoms with Crippen molar-refractivity contribution in [2.75, 3.05) is 44.7 Å². The number of aromatic nitrogens is 1. The van der Waals surface area contributed by atoms with Crippen molar-refractivity contribution in [1.82, 2.24) is 14.8 Å². The zero-order chi connectivity index (χ0) is 17.6. The fourth-order valence-electron chi connectivity index (χ4n) is 4.71. The second-order valence-corrected chi connectivity index (χ2v) is 9.45. The van der Waals surface area contributed by atoms with E-state index in [1.807, 2.05) is 4.90 Å². The van der Waals surface area contributed by atoms with E-state index in [-0.39, 0.29) is 6.03 Å². The molecule has 2 aliphatic heterocycles. The van der Waals surface area contributed by atoms with E-state index in [4.69, 9.17) is 9.72 Å². The lowest BCUT2D eigenvalue weighted by molar-refractivity contribution is 0.00784. The Balaban J connectivity index is 1.20. The molecule has 3 fully saturated rings. The molecular formula is C19H28N4O2S. The van der Waals surface area contributed by atoms with Gasteiger partial charge in [-0.3, -0.25) is 10.2 Å². The Morgan fingerprint density at radius 2 is 1.92 bits per heavy atom. The van der Waals surface area contributed by atoms with Gasteiger partial charge in [-0.05, 0) is 50.4 Å². The van der Waals surface area contributed by atoms with Crippen molar-refractivity contribution in [3.05, 3.63) is 10.6 Å². The van der Waals surface area contributed by atoms with Gasteiger partial charge in [0.05, 0.1) is 5.69 Å². The van der Waals surface area contributed by atoms with Gasteiger partial charge in [0.2, 0.25) is 0 Å². The summed E-state index contributed by atoms with van der Waals surface area (Å²) < 4.78 is 5.56. The Hall–Kier alpha value is -1.18. The number of thiazole rings is 1. The van der Waals surface area contributed by atoms with E-state index in [0.29, 0.717) is 5.41 Å². The van der Waals surface area contributed by atoms with Crippen LogP contribution in [0.1, 0.15) is 42.7 Å². The number of hydrogen-bond acceptors (Lipinski definition) is 5. The molecule has 0 radical (unpaired) electrons. The number of piperazine rings is 1. The zero-order valence-electron chi connectivity index (χ0n) is 15.3. The zero-order valence-corrected chi connectivity index (χ0v) is 16.2. The lowest BCUT2D eigenvalue weighted by atomic mass is 9.70. The van der Waals surface area contributed by atoms with Crippen LogP contribution in [0.2, 0.25) is 0 Å². The van der Waals surface area contributed by atoms with Gasteiger partial charge in [0.15, 0.2) is 5.13 Å². The maximum absolute atomic E-state index is 12.6. The van der Waals surface area contributed by atoms with Gasteiger partial charge in [0.1, 0.15) is 0 Å². The lowest BCUT2D eigenvalue weighted by Gasteiger charge is -2.39. The van der Waals surface area contributed by atoms with Crippen LogP contribution in [0.5, 0.6) is 0 Å². The van der Waals surface area contributed by atoms with E-state index in [2.05, 4.69) is 10.2 Å². The first-order valence-corrected chi connectivity index (χ1v) is 10.9. The molecule has 4 aliphatic rings. The summed E-state index contributed by atoms with van der Waals surface area (Å²) in [5.41, 5.74) is 1.62. The number of nitrogens with one attached hydrogen (secondary N) is 1. The number of anilines is 1. The van der Waals surface area contributed by atoms with Crippen LogP contribution in [-0.4, -0.2) is 66.2 Å². The molecule has 26 heavy (non-hydrogen) atoms. The summed E-state index contributed by atoms with van der Waals surface area (Å²) in [5.74, 6) is 0. The van der Waals surface area contributed by atoms with Crippen LogP contribution < -0.4 is 5.32 Å². The van der Waals surface area contributed by atoms with E-state index in [9.17, 15) is 4.79 Å². The summed E-state index contributed by atoms with van der Waals surface area (Å²) in [6.45, 7) is 5.47. The number of ether oxygens (including phenoxy) is 1. The first-order chi connectivity index (χ1) is 12.7. The quantitative estimate of drug-likeness (QED) is 0.862. The van der Waals surface area contributed by atoms with Gasteiger partial charge >= 0.3 is 6.03 Å². The Kier molecular flexibility index (Phi) is 4.41. The third-order valence-corrected chi connectivity index (χ3v) is 7.65. The fraction of sp³-hybridized carbons (Fsp3) is 0.789. The molecule has 0 aromatic carbocycles. The van der Waals surface area contributed by atoms with Crippen molar-refractivity contribution in [2.45, 2.75) is 51.0 Å². The van der Waals surface area contributed by atoms with Crippen LogP contribution in [0.4, 0.5) is 9.93 Å². The van der Waals surface area contributed by atoms with E-state index in [1.54, 1.807) is 11.3 Å². The summed E-state index contributed by atoms with van der Waals surface area (Å²) in [7, 11) is 0. The molecule has 7 heteroatoms. The molecule has 142 valence electrons. The number of urea groups is 1. The van der Waals surface area contributed by atoms with Crippen molar-refractivity contribution in [3.8, 4) is 0 Å². The molecule has 0 atom stereocenters. The van der Waals surface area contributed by atoms with Crippen LogP contribution >= 0.6 is 11.3 Å². The second-order valence-electron chi connectivity index (χ2n) is 8.36. The highest BCUT2D eigenvalue weighted by atomic mass is 32.1. The molecular weight excluding hydrogens is 348 g/mol. The number of hydrogen-bond donors (Lipinski definition) is 1. The summed E-state index contributed by atoms with van der Waals surface area (Å²) in [5, 5.41) is 3.86. The maximum Gasteiger partial charge on any atom is 0.323 e. The highest BCUT2D eigenvalue weighted by molar-refractivity contribution is 7.15. The van der Waals surface area contributed by atoms with E-state index in [1.165, 1.54) is 29.8 Å². The van der Waals surface area contributed by atoms with Crippen molar-refractivity contribution < 1.29 is 9.53 Å². The SMILES string of the molecule is O=C(Nc1nc2c(s1)CC1(CCOCC1)CC2)N1CCN(C2CC2)CC1. The number of fused-ring (bicyclic) bond motifs is 1. The molecule has 1 spiro atoms. The molecule has 3 heterocycles. The maximum atomic E-state index is 12.6. The molecule has 2 aliphatic carbocycles. The minimum absolute atomic E-state index is 0.0207. The predicted molar refractivity (Wildman–Crippen MR) is 102 cm³/mol. The van der Waals surface area contributed by atoms with Gasteiger partial charge < -0.3 is 9.64 Å². The molecule has 6 nitrogen and oxygen atoms in total. The molecule has 1 aromatic heterocycles. The monoisotopic (exact) mass is 376 g/mol. The molecule has 5 rings (SSSR count). The van der Waals surface area contributed by atoms with Crippen LogP contribution in [0, 0.1) is 5.41 Å². The van der Waals surface area contributed by atoms with Crippen LogP contribution in [0.3, 0.4) is 0 Å². The van der Waals surface area contributed by atoms with Gasteiger partial charge in [-0.2, -0.15) is 0 Å². The average Bonchev–Trinajstić information content (AvgIpc) is 3.44. The molecule has 2 saturated heterocycles. The van der Waals surface area contributed by atoms with Crippen molar-refractivity contribution >= 4 is 22.5 Å². The van der Waals surface area contributed by atoms with Crippen molar-refractivity contribution in [3.63, 3.8) is 0 Å². The fourth-order valence-corrected chi connectivity index (χ4v) is 5.89. The lowest BCUT2D eigenvalue weighted by Crippen LogP contribution is -2.50. The summed E-state index contributed by atoms with van der Waals surface area (Å²) in [4.78, 5) is 23.2. The number of nitrogens with zero attached hydrogens (tertiary/aromatic N) is 3. The van der Waals surface area contributed by atoms with E-state index >= 15 is 0 Å². The largest absolute Gasteiger partial charge is 0.381 e. The van der Waals surface area contributed by atoms with Gasteiger partial charge in [0.25, 0.3) is 0 Å². The van der Waals surface area contributed by atoms with E-state index < -0.39 is 0 Å². The van der Waals surface area contributed by atoms with Gasteiger partial charge in [-0.25, -0.2) is 9.78 Å². The minimum Gasteiger partial charge on any atom is -0.381 e. The second kappa shape index (κ2) is 6.77. The summed E-state index contributed by atoms with van der Waals surface area (Å²) in [6.07, 6.45) is 8.37. The van der Waals surface area contributed by atoms with Crippen molar-refractivity contribution in [1.29, 1.82) is 0 Å². The Bertz CT molecular complexity index is 673. The summed E-state index contributed by atoms with van der Waals surface area (Å²) in [6, 6.07) is 0.815. The molecule has 0 bridgehead atoms. The Morgan fingerprint density at radius 1 is 1.15 bits per heavy atom. The number of carbonyl (C=O) groups is 1. The standard InChI is InChI=1S/C19H28N4O2S/c24-18(23-9-7-22(8-10-23)14-1-2-14)21-17-20-15-3-4-19(13-16(15)26-17)5-11-25-12-6-19/h14H,1-13H2,(H,20,21,24). The molecule has 2 amide bonds. The molecule has 1 N–H and O–H groups in total. The molecule has 0 unspecified atom stereocenters.